The van der Waals surface area contributed by atoms with Gasteiger partial charge in [0, 0.05) is 27.5 Å². The van der Waals surface area contributed by atoms with Crippen molar-refractivity contribution >= 4 is 32.7 Å². The van der Waals surface area contributed by atoms with Crippen molar-refractivity contribution in [2.24, 2.45) is 4.99 Å². The Morgan fingerprint density at radius 2 is 1.87 bits per heavy atom. The average Bonchev–Trinajstić information content (AvgIpc) is 3.43. The van der Waals surface area contributed by atoms with Gasteiger partial charge in [-0.15, -0.1) is 0 Å². The number of benzene rings is 3. The molecule has 30 heavy (non-hydrogen) atoms. The third kappa shape index (κ3) is 3.54. The second-order valence-corrected chi connectivity index (χ2v) is 8.30. The molecule has 0 aliphatic carbocycles. The van der Waals surface area contributed by atoms with Crippen LogP contribution in [-0.2, 0) is 12.8 Å². The van der Waals surface area contributed by atoms with Gasteiger partial charge in [-0.2, -0.15) is 0 Å². The molecule has 0 bridgehead atoms. The van der Waals surface area contributed by atoms with Gasteiger partial charge in [0.25, 0.3) is 0 Å². The van der Waals surface area contributed by atoms with Crippen molar-refractivity contribution in [1.29, 1.82) is 0 Å². The van der Waals surface area contributed by atoms with E-state index < -0.39 is 0 Å². The molecule has 0 saturated carbocycles. The van der Waals surface area contributed by atoms with E-state index in [1.165, 1.54) is 6.07 Å². The van der Waals surface area contributed by atoms with E-state index in [0.29, 0.717) is 18.4 Å². The number of aliphatic imine (C=N–C) groups is 1. The maximum absolute atomic E-state index is 14.7. The molecule has 2 heterocycles. The second-order valence-electron chi connectivity index (χ2n) is 7.38. The first kappa shape index (κ1) is 19.1. The third-order valence-corrected chi connectivity index (χ3v) is 5.95. The predicted molar refractivity (Wildman–Crippen MR) is 123 cm³/mol. The summed E-state index contributed by atoms with van der Waals surface area (Å²) in [6.07, 6.45) is 3.04. The number of rotatable bonds is 5. The van der Waals surface area contributed by atoms with Gasteiger partial charge in [-0.05, 0) is 47.7 Å². The van der Waals surface area contributed by atoms with E-state index in [1.54, 1.807) is 6.07 Å². The van der Waals surface area contributed by atoms with E-state index in [1.807, 2.05) is 30.5 Å². The summed E-state index contributed by atoms with van der Waals surface area (Å²) in [4.78, 5) is 4.48. The standard InChI is InChI=1S/C25H20BrFN2O/c26-18-13-17(24-21(14-18)22(15-30-24)16-5-2-1-3-6-16)9-10-19-20(7-4-8-23(19)27)25-28-11-12-29-25/h1-8,13-15H,9-12H2,(H,28,29). The summed E-state index contributed by atoms with van der Waals surface area (Å²) in [5.41, 5.74) is 5.62. The zero-order valence-corrected chi connectivity index (χ0v) is 17.9. The van der Waals surface area contributed by atoms with Crippen LogP contribution in [0.1, 0.15) is 16.7 Å². The van der Waals surface area contributed by atoms with Gasteiger partial charge in [0.2, 0.25) is 0 Å². The molecule has 3 aromatic carbocycles. The minimum absolute atomic E-state index is 0.195. The Morgan fingerprint density at radius 1 is 1.00 bits per heavy atom. The summed E-state index contributed by atoms with van der Waals surface area (Å²) in [7, 11) is 0. The number of hydrogen-bond donors (Lipinski definition) is 1. The molecule has 0 atom stereocenters. The third-order valence-electron chi connectivity index (χ3n) is 5.49. The summed E-state index contributed by atoms with van der Waals surface area (Å²) >= 11 is 3.64. The van der Waals surface area contributed by atoms with Gasteiger partial charge in [-0.3, -0.25) is 4.99 Å². The van der Waals surface area contributed by atoms with Gasteiger partial charge >= 0.3 is 0 Å². The molecular weight excluding hydrogens is 443 g/mol. The summed E-state index contributed by atoms with van der Waals surface area (Å²) in [6.45, 7) is 1.53. The fourth-order valence-electron chi connectivity index (χ4n) is 4.07. The number of fused-ring (bicyclic) bond motifs is 1. The minimum Gasteiger partial charge on any atom is -0.463 e. The maximum atomic E-state index is 14.7. The SMILES string of the molecule is Fc1cccc(C2=NCCN2)c1CCc1cc(Br)cc2c(-c3ccccc3)coc12. The van der Waals surface area contributed by atoms with Gasteiger partial charge in [-0.1, -0.05) is 58.4 Å². The topological polar surface area (TPSA) is 37.5 Å². The Morgan fingerprint density at radius 3 is 2.67 bits per heavy atom. The molecule has 5 heteroatoms. The number of amidine groups is 1. The van der Waals surface area contributed by atoms with Crippen LogP contribution >= 0.6 is 15.9 Å². The van der Waals surface area contributed by atoms with Crippen LogP contribution in [0.2, 0.25) is 0 Å². The first-order chi connectivity index (χ1) is 14.7. The van der Waals surface area contributed by atoms with Crippen molar-refractivity contribution in [3.05, 3.63) is 93.9 Å². The Balaban J connectivity index is 1.51. The predicted octanol–water partition coefficient (Wildman–Crippen LogP) is 6.14. The lowest BCUT2D eigenvalue weighted by Gasteiger charge is -2.12. The highest BCUT2D eigenvalue weighted by Gasteiger charge is 2.18. The Bertz CT molecular complexity index is 1250. The Labute approximate surface area is 182 Å². The first-order valence-electron chi connectivity index (χ1n) is 10.0. The highest BCUT2D eigenvalue weighted by molar-refractivity contribution is 9.10. The molecule has 1 aromatic heterocycles. The highest BCUT2D eigenvalue weighted by atomic mass is 79.9. The van der Waals surface area contributed by atoms with Crippen LogP contribution < -0.4 is 5.32 Å². The highest BCUT2D eigenvalue weighted by Crippen LogP contribution is 2.35. The first-order valence-corrected chi connectivity index (χ1v) is 10.8. The van der Waals surface area contributed by atoms with Crippen molar-refractivity contribution in [2.75, 3.05) is 13.1 Å². The molecule has 5 rings (SSSR count). The largest absolute Gasteiger partial charge is 0.463 e. The molecule has 1 N–H and O–H groups in total. The van der Waals surface area contributed by atoms with Gasteiger partial charge in [0.15, 0.2) is 0 Å². The van der Waals surface area contributed by atoms with Crippen LogP contribution in [-0.4, -0.2) is 18.9 Å². The normalized spacial score (nSPS) is 13.5. The number of halogens is 2. The number of nitrogens with one attached hydrogen (secondary N) is 1. The summed E-state index contributed by atoms with van der Waals surface area (Å²) in [5, 5.41) is 4.31. The Kier molecular flexibility index (Phi) is 5.13. The number of furan rings is 1. The lowest BCUT2D eigenvalue weighted by Crippen LogP contribution is -2.21. The van der Waals surface area contributed by atoms with Crippen LogP contribution in [0, 0.1) is 5.82 Å². The lowest BCUT2D eigenvalue weighted by atomic mass is 9.96. The fraction of sp³-hybridized carbons (Fsp3) is 0.160. The van der Waals surface area contributed by atoms with Crippen molar-refractivity contribution in [1.82, 2.24) is 5.32 Å². The summed E-state index contributed by atoms with van der Waals surface area (Å²) in [5.74, 6) is 0.591. The molecule has 0 fully saturated rings. The van der Waals surface area contributed by atoms with Gasteiger partial charge in [0.05, 0.1) is 12.8 Å². The van der Waals surface area contributed by atoms with Crippen LogP contribution in [0.5, 0.6) is 0 Å². The zero-order valence-electron chi connectivity index (χ0n) is 16.3. The van der Waals surface area contributed by atoms with Crippen LogP contribution in [0.15, 0.2) is 80.8 Å². The molecule has 0 radical (unpaired) electrons. The molecule has 1 aliphatic rings. The van der Waals surface area contributed by atoms with Crippen LogP contribution in [0.25, 0.3) is 22.1 Å². The van der Waals surface area contributed by atoms with E-state index in [9.17, 15) is 4.39 Å². The summed E-state index contributed by atoms with van der Waals surface area (Å²) in [6, 6.07) is 19.5. The molecule has 0 unspecified atom stereocenters. The number of nitrogens with zero attached hydrogens (tertiary/aromatic N) is 1. The lowest BCUT2D eigenvalue weighted by molar-refractivity contribution is 0.602. The minimum atomic E-state index is -0.195. The Hall–Kier alpha value is -2.92. The van der Waals surface area contributed by atoms with E-state index in [2.05, 4.69) is 50.5 Å². The molecule has 3 nitrogen and oxygen atoms in total. The molecule has 0 spiro atoms. The zero-order chi connectivity index (χ0) is 20.5. The summed E-state index contributed by atoms with van der Waals surface area (Å²) < 4.78 is 21.7. The smallest absolute Gasteiger partial charge is 0.137 e. The number of aryl methyl sites for hydroxylation is 1. The van der Waals surface area contributed by atoms with Crippen LogP contribution in [0.4, 0.5) is 4.39 Å². The van der Waals surface area contributed by atoms with Gasteiger partial charge in [0.1, 0.15) is 17.2 Å². The van der Waals surface area contributed by atoms with Crippen molar-refractivity contribution in [3.8, 4) is 11.1 Å². The van der Waals surface area contributed by atoms with Gasteiger partial charge in [-0.25, -0.2) is 4.39 Å². The van der Waals surface area contributed by atoms with Crippen molar-refractivity contribution < 1.29 is 8.81 Å². The van der Waals surface area contributed by atoms with Crippen molar-refractivity contribution in [2.45, 2.75) is 12.8 Å². The monoisotopic (exact) mass is 462 g/mol. The van der Waals surface area contributed by atoms with E-state index in [-0.39, 0.29) is 5.82 Å². The molecule has 150 valence electrons. The van der Waals surface area contributed by atoms with E-state index >= 15 is 0 Å². The molecule has 4 aromatic rings. The fourth-order valence-corrected chi connectivity index (χ4v) is 4.58. The molecule has 0 saturated heterocycles. The molecule has 1 aliphatic heterocycles. The second kappa shape index (κ2) is 8.07. The molecule has 0 amide bonds. The van der Waals surface area contributed by atoms with Gasteiger partial charge < -0.3 is 9.73 Å². The van der Waals surface area contributed by atoms with Crippen molar-refractivity contribution in [3.63, 3.8) is 0 Å². The average molecular weight is 463 g/mol. The van der Waals surface area contributed by atoms with E-state index in [0.717, 1.165) is 56.6 Å². The molecular formula is C25H20BrFN2O. The maximum Gasteiger partial charge on any atom is 0.137 e. The number of hydrogen-bond acceptors (Lipinski definition) is 3. The van der Waals surface area contributed by atoms with Crippen LogP contribution in [0.3, 0.4) is 0 Å². The quantitative estimate of drug-likeness (QED) is 0.386. The van der Waals surface area contributed by atoms with E-state index in [4.69, 9.17) is 4.42 Å².